The van der Waals surface area contributed by atoms with Crippen LogP contribution in [0, 0.1) is 17.8 Å². The molecule has 3 aromatic carbocycles. The molecule has 0 spiro atoms. The number of rotatable bonds is 8. The van der Waals surface area contributed by atoms with Crippen molar-refractivity contribution in [2.75, 3.05) is 19.1 Å². The maximum absolute atomic E-state index is 14.3. The summed E-state index contributed by atoms with van der Waals surface area (Å²) in [6.07, 6.45) is 9.58. The van der Waals surface area contributed by atoms with E-state index in [0.29, 0.717) is 52.3 Å². The standard InChI is InChI=1S/C41H34BrNO7/c1-4-6-23-7-5-8-28(38(23)45)35-27-16-17-29-36(30(27)20-31-37(35)33(44)21-32(42)39(31)46)41(48)43(40(29)47)25-13-10-22(11-14-25)9-12-24-19-26(49-2)15-18-34(24)50-3/h4-5,7-16,18-19,21,29-30,35-36,45H,1,6,17,20H2,2-3H3/t29-,30+,35+,36-/m0/s1. The normalized spacial score (nSPS) is 23.0. The molecule has 50 heavy (non-hydrogen) atoms. The van der Waals surface area contributed by atoms with Crippen LogP contribution in [-0.2, 0) is 25.6 Å². The Labute approximate surface area is 298 Å². The molecular weight excluding hydrogens is 698 g/mol. The number of para-hydroxylation sites is 1. The third-order valence-electron chi connectivity index (χ3n) is 10.2. The zero-order valence-corrected chi connectivity index (χ0v) is 29.1. The summed E-state index contributed by atoms with van der Waals surface area (Å²) in [6, 6.07) is 18.1. The second-order valence-corrected chi connectivity index (χ2v) is 13.6. The Morgan fingerprint density at radius 2 is 1.74 bits per heavy atom. The van der Waals surface area contributed by atoms with Gasteiger partial charge in [-0.1, -0.05) is 60.2 Å². The molecule has 0 unspecified atom stereocenters. The molecule has 1 heterocycles. The van der Waals surface area contributed by atoms with Gasteiger partial charge in [0.1, 0.15) is 17.2 Å². The minimum atomic E-state index is -0.742. The molecule has 1 fully saturated rings. The van der Waals surface area contributed by atoms with Gasteiger partial charge in [-0.3, -0.25) is 24.1 Å². The number of phenols is 1. The lowest BCUT2D eigenvalue weighted by molar-refractivity contribution is -0.123. The number of halogens is 1. The summed E-state index contributed by atoms with van der Waals surface area (Å²) in [5.41, 5.74) is 4.68. The van der Waals surface area contributed by atoms with Gasteiger partial charge in [-0.25, -0.2) is 0 Å². The fourth-order valence-corrected chi connectivity index (χ4v) is 8.32. The summed E-state index contributed by atoms with van der Waals surface area (Å²) >= 11 is 3.26. The number of hydrogen-bond acceptors (Lipinski definition) is 7. The van der Waals surface area contributed by atoms with Crippen molar-refractivity contribution in [2.24, 2.45) is 17.8 Å². The average Bonchev–Trinajstić information content (AvgIpc) is 3.39. The Bertz CT molecular complexity index is 2100. The minimum absolute atomic E-state index is 0.0243. The number of ether oxygens (including phenoxy) is 2. The lowest BCUT2D eigenvalue weighted by Gasteiger charge is -2.42. The number of carbonyl (C=O) groups excluding carboxylic acids is 4. The number of methoxy groups -OCH3 is 2. The number of allylic oxidation sites excluding steroid dienone is 7. The number of hydrogen-bond donors (Lipinski definition) is 1. The SMILES string of the molecule is C=CCc1cccc([C@H]2C3=CC[C@@H]4C(=O)N(c5ccc(C=Cc6cc(OC)ccc6OC)cc5)C(=O)[C@@H]4[C@@H]3CC3=C2C(=O)C=C(Br)C3=O)c1O. The summed E-state index contributed by atoms with van der Waals surface area (Å²) in [5, 5.41) is 11.4. The van der Waals surface area contributed by atoms with Crippen LogP contribution in [0.25, 0.3) is 12.2 Å². The fraction of sp³-hybridized carbons (Fsp3) is 0.220. The first-order chi connectivity index (χ1) is 24.2. The molecule has 4 aliphatic rings. The maximum atomic E-state index is 14.3. The van der Waals surface area contributed by atoms with E-state index in [4.69, 9.17) is 9.47 Å². The predicted molar refractivity (Wildman–Crippen MR) is 194 cm³/mol. The van der Waals surface area contributed by atoms with E-state index in [1.807, 2.05) is 54.6 Å². The Hall–Kier alpha value is -5.28. The maximum Gasteiger partial charge on any atom is 0.238 e. The number of Topliss-reactive ketones (excluding diaryl/α,β-unsaturated/α-hetero) is 1. The van der Waals surface area contributed by atoms with Crippen molar-refractivity contribution in [3.63, 3.8) is 0 Å². The number of nitrogens with zero attached hydrogens (tertiary/aromatic N) is 1. The Balaban J connectivity index is 1.22. The van der Waals surface area contributed by atoms with Crippen molar-refractivity contribution in [1.29, 1.82) is 0 Å². The number of fused-ring (bicyclic) bond motifs is 3. The highest BCUT2D eigenvalue weighted by Gasteiger charge is 2.57. The molecular formula is C41H34BrNO7. The number of carbonyl (C=O) groups is 4. The highest BCUT2D eigenvalue weighted by molar-refractivity contribution is 9.12. The summed E-state index contributed by atoms with van der Waals surface area (Å²) in [4.78, 5) is 56.7. The largest absolute Gasteiger partial charge is 0.507 e. The number of anilines is 1. The molecule has 2 amide bonds. The third kappa shape index (κ3) is 5.46. The zero-order valence-electron chi connectivity index (χ0n) is 27.5. The number of benzene rings is 3. The van der Waals surface area contributed by atoms with Gasteiger partial charge in [0, 0.05) is 34.3 Å². The molecule has 0 saturated carbocycles. The van der Waals surface area contributed by atoms with Gasteiger partial charge in [0.05, 0.1) is 36.2 Å². The molecule has 4 atom stereocenters. The van der Waals surface area contributed by atoms with Gasteiger partial charge in [0.2, 0.25) is 11.8 Å². The van der Waals surface area contributed by atoms with E-state index in [1.54, 1.807) is 44.6 Å². The molecule has 252 valence electrons. The van der Waals surface area contributed by atoms with Crippen molar-refractivity contribution >= 4 is 57.2 Å². The van der Waals surface area contributed by atoms with Gasteiger partial charge < -0.3 is 14.6 Å². The van der Waals surface area contributed by atoms with Crippen LogP contribution in [0.5, 0.6) is 17.2 Å². The van der Waals surface area contributed by atoms with E-state index in [1.165, 1.54) is 11.0 Å². The number of ketones is 2. The summed E-state index contributed by atoms with van der Waals surface area (Å²) in [5.74, 6) is -2.46. The second-order valence-electron chi connectivity index (χ2n) is 12.8. The minimum Gasteiger partial charge on any atom is -0.507 e. The first kappa shape index (κ1) is 33.2. The second kappa shape index (κ2) is 13.2. The molecule has 0 aromatic heterocycles. The summed E-state index contributed by atoms with van der Waals surface area (Å²) in [7, 11) is 3.20. The van der Waals surface area contributed by atoms with E-state index in [2.05, 4.69) is 22.5 Å². The third-order valence-corrected chi connectivity index (χ3v) is 10.8. The fourth-order valence-electron chi connectivity index (χ4n) is 7.87. The number of phenolic OH excluding ortho intramolecular Hbond substituents is 1. The van der Waals surface area contributed by atoms with Gasteiger partial charge in [-0.15, -0.1) is 6.58 Å². The van der Waals surface area contributed by atoms with Gasteiger partial charge in [-0.05, 0) is 82.6 Å². The van der Waals surface area contributed by atoms with Gasteiger partial charge in [0.15, 0.2) is 11.6 Å². The number of amides is 2. The monoisotopic (exact) mass is 731 g/mol. The van der Waals surface area contributed by atoms with Crippen LogP contribution in [0.15, 0.2) is 107 Å². The van der Waals surface area contributed by atoms with Crippen LogP contribution >= 0.6 is 15.9 Å². The summed E-state index contributed by atoms with van der Waals surface area (Å²) in [6.45, 7) is 3.79. The van der Waals surface area contributed by atoms with E-state index in [0.717, 1.165) is 16.7 Å². The lowest BCUT2D eigenvalue weighted by Crippen LogP contribution is -2.39. The predicted octanol–water partition coefficient (Wildman–Crippen LogP) is 7.27. The van der Waals surface area contributed by atoms with E-state index < -0.39 is 23.7 Å². The van der Waals surface area contributed by atoms with E-state index in [9.17, 15) is 24.3 Å². The van der Waals surface area contributed by atoms with E-state index >= 15 is 0 Å². The molecule has 0 radical (unpaired) electrons. The molecule has 3 aliphatic carbocycles. The smallest absolute Gasteiger partial charge is 0.238 e. The van der Waals surface area contributed by atoms with Crippen LogP contribution in [0.4, 0.5) is 5.69 Å². The van der Waals surface area contributed by atoms with Crippen LogP contribution in [0.2, 0.25) is 0 Å². The van der Waals surface area contributed by atoms with E-state index in [-0.39, 0.29) is 40.0 Å². The Morgan fingerprint density at radius 1 is 0.960 bits per heavy atom. The molecule has 1 saturated heterocycles. The first-order valence-corrected chi connectivity index (χ1v) is 17.1. The summed E-state index contributed by atoms with van der Waals surface area (Å²) < 4.78 is 11.0. The number of aromatic hydroxyl groups is 1. The molecule has 8 nitrogen and oxygen atoms in total. The topological polar surface area (TPSA) is 110 Å². The van der Waals surface area contributed by atoms with Crippen LogP contribution in [-0.4, -0.2) is 42.7 Å². The highest BCUT2D eigenvalue weighted by Crippen LogP contribution is 2.56. The van der Waals surface area contributed by atoms with Gasteiger partial charge in [0.25, 0.3) is 0 Å². The molecule has 1 N–H and O–H groups in total. The number of imide groups is 1. The molecule has 7 rings (SSSR count). The zero-order chi connectivity index (χ0) is 35.3. The molecule has 1 aliphatic heterocycles. The van der Waals surface area contributed by atoms with Crippen molar-refractivity contribution in [1.82, 2.24) is 0 Å². The van der Waals surface area contributed by atoms with Crippen molar-refractivity contribution in [3.05, 3.63) is 129 Å². The van der Waals surface area contributed by atoms with Crippen LogP contribution in [0.3, 0.4) is 0 Å². The quantitative estimate of drug-likeness (QED) is 0.112. The van der Waals surface area contributed by atoms with Crippen LogP contribution < -0.4 is 14.4 Å². The molecule has 0 bridgehead atoms. The van der Waals surface area contributed by atoms with Gasteiger partial charge >= 0.3 is 0 Å². The van der Waals surface area contributed by atoms with Gasteiger partial charge in [-0.2, -0.15) is 0 Å². The van der Waals surface area contributed by atoms with Crippen molar-refractivity contribution in [3.8, 4) is 17.2 Å². The Kier molecular flexibility index (Phi) is 8.78. The molecule has 9 heteroatoms. The Morgan fingerprint density at radius 3 is 2.46 bits per heavy atom. The van der Waals surface area contributed by atoms with Crippen molar-refractivity contribution in [2.45, 2.75) is 25.2 Å². The highest BCUT2D eigenvalue weighted by atomic mass is 79.9. The lowest BCUT2D eigenvalue weighted by atomic mass is 9.59. The first-order valence-electron chi connectivity index (χ1n) is 16.4. The average molecular weight is 733 g/mol. The molecule has 3 aromatic rings. The van der Waals surface area contributed by atoms with Crippen molar-refractivity contribution < 1.29 is 33.8 Å². The van der Waals surface area contributed by atoms with Crippen LogP contribution in [0.1, 0.15) is 41.0 Å².